The molecule has 0 aliphatic heterocycles. The number of ether oxygens (including phenoxy) is 2. The van der Waals surface area contributed by atoms with Crippen LogP contribution in [0, 0.1) is 6.92 Å². The average molecular weight is 469 g/mol. The molecule has 0 aliphatic rings. The Morgan fingerprint density at radius 1 is 0.939 bits per heavy atom. The highest BCUT2D eigenvalue weighted by molar-refractivity contribution is 7.92. The van der Waals surface area contributed by atoms with Gasteiger partial charge in [0.05, 0.1) is 30.4 Å². The van der Waals surface area contributed by atoms with Gasteiger partial charge in [-0.25, -0.2) is 13.2 Å². The van der Waals surface area contributed by atoms with Gasteiger partial charge >= 0.3 is 5.97 Å². The zero-order chi connectivity index (χ0) is 24.0. The Labute approximate surface area is 192 Å². The highest BCUT2D eigenvalue weighted by Gasteiger charge is 2.27. The second-order valence-corrected chi connectivity index (χ2v) is 8.91. The van der Waals surface area contributed by atoms with Gasteiger partial charge in [0.2, 0.25) is 5.91 Å². The van der Waals surface area contributed by atoms with E-state index in [9.17, 15) is 18.0 Å². The lowest BCUT2D eigenvalue weighted by molar-refractivity contribution is -0.114. The molecule has 1 N–H and O–H groups in total. The molecular formula is C24H24N2O6S. The fourth-order valence-corrected chi connectivity index (χ4v) is 4.66. The highest BCUT2D eigenvalue weighted by atomic mass is 32.2. The molecule has 0 aromatic heterocycles. The van der Waals surface area contributed by atoms with Gasteiger partial charge in [0, 0.05) is 11.8 Å². The van der Waals surface area contributed by atoms with Crippen LogP contribution in [-0.2, 0) is 19.6 Å². The fraction of sp³-hybridized carbons (Fsp3) is 0.167. The third-order valence-electron chi connectivity index (χ3n) is 4.97. The van der Waals surface area contributed by atoms with Crippen molar-refractivity contribution in [3.63, 3.8) is 0 Å². The van der Waals surface area contributed by atoms with E-state index < -0.39 is 28.4 Å². The first-order valence-electron chi connectivity index (χ1n) is 9.97. The van der Waals surface area contributed by atoms with Gasteiger partial charge in [-0.2, -0.15) is 0 Å². The largest absolute Gasteiger partial charge is 0.497 e. The summed E-state index contributed by atoms with van der Waals surface area (Å²) in [6.07, 6.45) is 0. The number of esters is 1. The van der Waals surface area contributed by atoms with Crippen LogP contribution in [0.3, 0.4) is 0 Å². The quantitative estimate of drug-likeness (QED) is 0.507. The standard InChI is InChI=1S/C24H24N2O6S/c1-17-21(24(28)32-3)13-8-14-22(17)25-23(27)16-26(18-9-7-10-19(15-18)31-2)33(29,30)20-11-5-4-6-12-20/h4-15H,16H2,1-3H3,(H,25,27). The van der Waals surface area contributed by atoms with Crippen molar-refractivity contribution in [2.24, 2.45) is 0 Å². The summed E-state index contributed by atoms with van der Waals surface area (Å²) in [5.41, 5.74) is 1.47. The Balaban J connectivity index is 1.96. The SMILES string of the molecule is COC(=O)c1cccc(NC(=O)CN(c2cccc(OC)c2)S(=O)(=O)c2ccccc2)c1C. The van der Waals surface area contributed by atoms with Crippen LogP contribution in [0.25, 0.3) is 0 Å². The molecule has 0 unspecified atom stereocenters. The van der Waals surface area contributed by atoms with Gasteiger partial charge in [-0.15, -0.1) is 0 Å². The van der Waals surface area contributed by atoms with Gasteiger partial charge < -0.3 is 14.8 Å². The van der Waals surface area contributed by atoms with Crippen molar-refractivity contribution < 1.29 is 27.5 Å². The number of hydrogen-bond acceptors (Lipinski definition) is 6. The Bertz CT molecular complexity index is 1260. The van der Waals surface area contributed by atoms with Crippen LogP contribution in [0.4, 0.5) is 11.4 Å². The molecule has 3 aromatic rings. The van der Waals surface area contributed by atoms with Gasteiger partial charge in [0.25, 0.3) is 10.0 Å². The topological polar surface area (TPSA) is 102 Å². The molecule has 0 aliphatic carbocycles. The van der Waals surface area contributed by atoms with Crippen LogP contribution < -0.4 is 14.4 Å². The maximum atomic E-state index is 13.4. The third kappa shape index (κ3) is 5.32. The first kappa shape index (κ1) is 23.8. The first-order valence-corrected chi connectivity index (χ1v) is 11.4. The van der Waals surface area contributed by atoms with Crippen LogP contribution in [0.15, 0.2) is 77.7 Å². The van der Waals surface area contributed by atoms with Gasteiger partial charge in [-0.1, -0.05) is 30.3 Å². The van der Waals surface area contributed by atoms with Gasteiger partial charge in [-0.3, -0.25) is 9.10 Å². The number of rotatable bonds is 8. The number of amides is 1. The van der Waals surface area contributed by atoms with Gasteiger partial charge in [-0.05, 0) is 48.9 Å². The monoisotopic (exact) mass is 468 g/mol. The highest BCUT2D eigenvalue weighted by Crippen LogP contribution is 2.27. The molecule has 0 saturated carbocycles. The molecule has 9 heteroatoms. The molecule has 0 bridgehead atoms. The minimum Gasteiger partial charge on any atom is -0.497 e. The van der Waals surface area contributed by atoms with Crippen LogP contribution >= 0.6 is 0 Å². The normalized spacial score (nSPS) is 10.9. The molecule has 0 radical (unpaired) electrons. The van der Waals surface area contributed by atoms with Crippen molar-refractivity contribution in [2.45, 2.75) is 11.8 Å². The summed E-state index contributed by atoms with van der Waals surface area (Å²) in [6.45, 7) is 1.18. The lowest BCUT2D eigenvalue weighted by Gasteiger charge is -2.24. The summed E-state index contributed by atoms with van der Waals surface area (Å²) in [4.78, 5) is 25.0. The van der Waals surface area contributed by atoms with Crippen molar-refractivity contribution in [1.29, 1.82) is 0 Å². The molecule has 0 spiro atoms. The minimum absolute atomic E-state index is 0.0458. The summed E-state index contributed by atoms with van der Waals surface area (Å²) in [5, 5.41) is 2.70. The molecule has 0 saturated heterocycles. The molecule has 0 atom stereocenters. The van der Waals surface area contributed by atoms with E-state index >= 15 is 0 Å². The number of carbonyl (C=O) groups is 2. The smallest absolute Gasteiger partial charge is 0.338 e. The number of anilines is 2. The number of nitrogens with one attached hydrogen (secondary N) is 1. The number of hydrogen-bond donors (Lipinski definition) is 1. The van der Waals surface area contributed by atoms with E-state index in [4.69, 9.17) is 9.47 Å². The van der Waals surface area contributed by atoms with Crippen LogP contribution in [0.1, 0.15) is 15.9 Å². The number of sulfonamides is 1. The number of benzene rings is 3. The molecule has 0 heterocycles. The summed E-state index contributed by atoms with van der Waals surface area (Å²) in [7, 11) is -1.32. The van der Waals surface area contributed by atoms with E-state index in [0.717, 1.165) is 4.31 Å². The molecular weight excluding hydrogens is 444 g/mol. The van der Waals surface area contributed by atoms with E-state index in [1.165, 1.54) is 32.4 Å². The molecule has 0 fully saturated rings. The van der Waals surface area contributed by atoms with Gasteiger partial charge in [0.1, 0.15) is 12.3 Å². The van der Waals surface area contributed by atoms with Crippen LogP contribution in [0.5, 0.6) is 5.75 Å². The molecule has 3 rings (SSSR count). The Morgan fingerprint density at radius 3 is 2.30 bits per heavy atom. The summed E-state index contributed by atoms with van der Waals surface area (Å²) in [6, 6.07) is 19.1. The first-order chi connectivity index (χ1) is 15.8. The van der Waals surface area contributed by atoms with E-state index in [2.05, 4.69) is 5.32 Å². The summed E-state index contributed by atoms with van der Waals surface area (Å²) in [5.74, 6) is -0.668. The third-order valence-corrected chi connectivity index (χ3v) is 6.76. The van der Waals surface area contributed by atoms with Crippen molar-refractivity contribution in [3.05, 3.63) is 83.9 Å². The number of nitrogens with zero attached hydrogens (tertiary/aromatic N) is 1. The maximum Gasteiger partial charge on any atom is 0.338 e. The van der Waals surface area contributed by atoms with Crippen LogP contribution in [-0.4, -0.2) is 41.1 Å². The number of methoxy groups -OCH3 is 2. The lowest BCUT2D eigenvalue weighted by Crippen LogP contribution is -2.38. The molecule has 33 heavy (non-hydrogen) atoms. The molecule has 1 amide bonds. The van der Waals surface area contributed by atoms with Crippen LogP contribution in [0.2, 0.25) is 0 Å². The predicted molar refractivity (Wildman–Crippen MR) is 125 cm³/mol. The summed E-state index contributed by atoms with van der Waals surface area (Å²) >= 11 is 0. The second kappa shape index (κ2) is 10.2. The van der Waals surface area contributed by atoms with Crippen molar-refractivity contribution >= 4 is 33.3 Å². The zero-order valence-electron chi connectivity index (χ0n) is 18.4. The van der Waals surface area contributed by atoms with E-state index in [1.807, 2.05) is 0 Å². The second-order valence-electron chi connectivity index (χ2n) is 7.04. The Kier molecular flexibility index (Phi) is 7.34. The molecule has 3 aromatic carbocycles. The van der Waals surface area contributed by atoms with Crippen molar-refractivity contribution in [1.82, 2.24) is 0 Å². The lowest BCUT2D eigenvalue weighted by atomic mass is 10.1. The predicted octanol–water partition coefficient (Wildman–Crippen LogP) is 3.62. The Hall–Kier alpha value is -3.85. The van der Waals surface area contributed by atoms with E-state index in [0.29, 0.717) is 22.6 Å². The Morgan fingerprint density at radius 2 is 1.64 bits per heavy atom. The van der Waals surface area contributed by atoms with E-state index in [1.54, 1.807) is 61.5 Å². The fourth-order valence-electron chi connectivity index (χ4n) is 3.22. The minimum atomic E-state index is -4.06. The average Bonchev–Trinajstić information content (AvgIpc) is 2.83. The molecule has 8 nitrogen and oxygen atoms in total. The van der Waals surface area contributed by atoms with Crippen molar-refractivity contribution in [3.8, 4) is 5.75 Å². The van der Waals surface area contributed by atoms with Gasteiger partial charge in [0.15, 0.2) is 0 Å². The van der Waals surface area contributed by atoms with Crippen molar-refractivity contribution in [2.75, 3.05) is 30.4 Å². The summed E-state index contributed by atoms with van der Waals surface area (Å²) < 4.78 is 37.8. The van der Waals surface area contributed by atoms with E-state index in [-0.39, 0.29) is 10.6 Å². The molecule has 172 valence electrons. The maximum absolute atomic E-state index is 13.4. The zero-order valence-corrected chi connectivity index (χ0v) is 19.3. The number of carbonyl (C=O) groups excluding carboxylic acids is 2.